The zero-order valence-corrected chi connectivity index (χ0v) is 23.1. The van der Waals surface area contributed by atoms with Gasteiger partial charge in [-0.05, 0) is 37.8 Å². The van der Waals surface area contributed by atoms with Crippen LogP contribution in [0.5, 0.6) is 11.5 Å². The Bertz CT molecular complexity index is 1290. The minimum absolute atomic E-state index is 0.0591. The molecule has 2 heterocycles. The van der Waals surface area contributed by atoms with Gasteiger partial charge in [0.2, 0.25) is 5.91 Å². The molecule has 2 unspecified atom stereocenters. The second-order valence-electron chi connectivity index (χ2n) is 8.90. The standard InChI is InChI=1S/C29H33N3O5S/c1-6-18(3)30-24(33)15-20-17-38-29-31-26(19-11-9-8-10-12-19)25(28(34)37-7-2)27(32(20)29)22-14-13-21(35-4)16-23(22)36-5/h8-14,16-18,27H,6-7,15H2,1-5H3,(H,30,33). The Labute approximate surface area is 227 Å². The zero-order chi connectivity index (χ0) is 27.2. The lowest BCUT2D eigenvalue weighted by molar-refractivity contribution is -0.139. The summed E-state index contributed by atoms with van der Waals surface area (Å²) in [7, 11) is 3.17. The van der Waals surface area contributed by atoms with Crippen molar-refractivity contribution in [3.05, 3.63) is 76.3 Å². The van der Waals surface area contributed by atoms with Crippen molar-refractivity contribution in [3.63, 3.8) is 0 Å². The van der Waals surface area contributed by atoms with Gasteiger partial charge in [0.1, 0.15) is 11.5 Å². The predicted molar refractivity (Wildman–Crippen MR) is 150 cm³/mol. The number of nitrogens with one attached hydrogen (secondary N) is 1. The van der Waals surface area contributed by atoms with Crippen LogP contribution in [-0.4, -0.2) is 48.8 Å². The van der Waals surface area contributed by atoms with Gasteiger partial charge in [-0.15, -0.1) is 0 Å². The molecule has 0 fully saturated rings. The number of ether oxygens (including phenoxy) is 3. The first-order valence-corrected chi connectivity index (χ1v) is 13.5. The number of carbonyl (C=O) groups is 2. The number of rotatable bonds is 10. The molecule has 1 N–H and O–H groups in total. The van der Waals surface area contributed by atoms with Crippen LogP contribution in [0.4, 0.5) is 0 Å². The second-order valence-corrected chi connectivity index (χ2v) is 9.74. The van der Waals surface area contributed by atoms with Crippen LogP contribution < -0.4 is 14.8 Å². The number of aliphatic imine (C=N–C) groups is 1. The van der Waals surface area contributed by atoms with Crippen LogP contribution in [-0.2, 0) is 14.3 Å². The summed E-state index contributed by atoms with van der Waals surface area (Å²) in [5.41, 5.74) is 3.17. The molecule has 4 rings (SSSR count). The molecule has 0 saturated carbocycles. The lowest BCUT2D eigenvalue weighted by Crippen LogP contribution is -2.39. The molecule has 200 valence electrons. The molecule has 38 heavy (non-hydrogen) atoms. The summed E-state index contributed by atoms with van der Waals surface area (Å²) >= 11 is 1.43. The fourth-order valence-electron chi connectivity index (χ4n) is 4.42. The van der Waals surface area contributed by atoms with Gasteiger partial charge < -0.3 is 24.4 Å². The minimum atomic E-state index is -0.643. The van der Waals surface area contributed by atoms with E-state index in [1.54, 1.807) is 27.2 Å². The van der Waals surface area contributed by atoms with Crippen LogP contribution in [0.25, 0.3) is 5.70 Å². The summed E-state index contributed by atoms with van der Waals surface area (Å²) < 4.78 is 16.8. The highest BCUT2D eigenvalue weighted by atomic mass is 32.2. The molecule has 0 aromatic heterocycles. The number of nitrogens with zero attached hydrogens (tertiary/aromatic N) is 2. The van der Waals surface area contributed by atoms with E-state index in [0.717, 1.165) is 23.2 Å². The van der Waals surface area contributed by atoms with Crippen molar-refractivity contribution in [2.24, 2.45) is 4.99 Å². The number of methoxy groups -OCH3 is 2. The fourth-order valence-corrected chi connectivity index (χ4v) is 5.34. The van der Waals surface area contributed by atoms with Gasteiger partial charge in [0, 0.05) is 28.9 Å². The second kappa shape index (κ2) is 12.2. The summed E-state index contributed by atoms with van der Waals surface area (Å²) in [5.74, 6) is 0.602. The summed E-state index contributed by atoms with van der Waals surface area (Å²) in [5, 5.41) is 5.63. The summed E-state index contributed by atoms with van der Waals surface area (Å²) in [6.07, 6.45) is 0.972. The van der Waals surface area contributed by atoms with Gasteiger partial charge in [-0.1, -0.05) is 49.0 Å². The molecule has 0 saturated heterocycles. The zero-order valence-electron chi connectivity index (χ0n) is 22.3. The third kappa shape index (κ3) is 5.57. The lowest BCUT2D eigenvalue weighted by atomic mass is 9.90. The SMILES string of the molecule is CCOC(=O)C1=C(c2ccccc2)N=C2SC=C(CC(=O)NC(C)CC)N2C1c1ccc(OC)cc1OC. The first-order valence-electron chi connectivity index (χ1n) is 12.6. The van der Waals surface area contributed by atoms with Gasteiger partial charge in [-0.2, -0.15) is 0 Å². The Balaban J connectivity index is 1.90. The summed E-state index contributed by atoms with van der Waals surface area (Å²) in [6, 6.07) is 14.5. The van der Waals surface area contributed by atoms with E-state index in [0.29, 0.717) is 27.9 Å². The third-order valence-corrected chi connectivity index (χ3v) is 7.34. The number of amides is 1. The Hall–Kier alpha value is -3.72. The molecule has 2 aliphatic heterocycles. The molecule has 1 amide bonds. The van der Waals surface area contributed by atoms with Gasteiger partial charge in [0.25, 0.3) is 0 Å². The van der Waals surface area contributed by atoms with E-state index in [-0.39, 0.29) is 25.0 Å². The monoisotopic (exact) mass is 535 g/mol. The summed E-state index contributed by atoms with van der Waals surface area (Å²) in [4.78, 5) is 33.4. The highest BCUT2D eigenvalue weighted by Gasteiger charge is 2.43. The quantitative estimate of drug-likeness (QED) is 0.414. The van der Waals surface area contributed by atoms with Crippen LogP contribution >= 0.6 is 11.8 Å². The highest BCUT2D eigenvalue weighted by molar-refractivity contribution is 8.16. The minimum Gasteiger partial charge on any atom is -0.497 e. The molecule has 9 heteroatoms. The number of hydrogen-bond donors (Lipinski definition) is 1. The third-order valence-electron chi connectivity index (χ3n) is 6.45. The fraction of sp³-hybridized carbons (Fsp3) is 0.345. The first-order chi connectivity index (χ1) is 18.4. The van der Waals surface area contributed by atoms with Gasteiger partial charge >= 0.3 is 5.97 Å². The number of amidine groups is 1. The first kappa shape index (κ1) is 27.3. The molecule has 0 aliphatic carbocycles. The maximum Gasteiger partial charge on any atom is 0.338 e. The maximum absolute atomic E-state index is 13.6. The smallest absolute Gasteiger partial charge is 0.338 e. The largest absolute Gasteiger partial charge is 0.497 e. The van der Waals surface area contributed by atoms with Crippen molar-refractivity contribution in [1.29, 1.82) is 0 Å². The van der Waals surface area contributed by atoms with E-state index in [1.807, 2.05) is 66.6 Å². The highest BCUT2D eigenvalue weighted by Crippen LogP contribution is 2.49. The molecule has 2 aromatic rings. The molecule has 0 radical (unpaired) electrons. The van der Waals surface area contributed by atoms with E-state index >= 15 is 0 Å². The maximum atomic E-state index is 13.6. The Morgan fingerprint density at radius 3 is 2.53 bits per heavy atom. The molecule has 0 spiro atoms. The normalized spacial score (nSPS) is 17.3. The van der Waals surface area contributed by atoms with Crippen molar-refractivity contribution >= 4 is 34.5 Å². The molecule has 2 atom stereocenters. The van der Waals surface area contributed by atoms with Crippen LogP contribution in [0.1, 0.15) is 50.8 Å². The van der Waals surface area contributed by atoms with E-state index in [4.69, 9.17) is 19.2 Å². The number of benzene rings is 2. The molecule has 2 aromatic carbocycles. The predicted octanol–water partition coefficient (Wildman–Crippen LogP) is 5.28. The molecular weight excluding hydrogens is 502 g/mol. The molecule has 2 aliphatic rings. The van der Waals surface area contributed by atoms with E-state index < -0.39 is 12.0 Å². The Kier molecular flexibility index (Phi) is 8.78. The number of fused-ring (bicyclic) bond motifs is 1. The van der Waals surface area contributed by atoms with Gasteiger partial charge in [0.15, 0.2) is 5.17 Å². The van der Waals surface area contributed by atoms with Crippen molar-refractivity contribution < 1.29 is 23.8 Å². The van der Waals surface area contributed by atoms with E-state index in [1.165, 1.54) is 11.8 Å². The van der Waals surface area contributed by atoms with Crippen LogP contribution in [0, 0.1) is 0 Å². The van der Waals surface area contributed by atoms with Crippen molar-refractivity contribution in [2.45, 2.75) is 45.7 Å². The molecule has 8 nitrogen and oxygen atoms in total. The van der Waals surface area contributed by atoms with Gasteiger partial charge in [-0.3, -0.25) is 4.79 Å². The van der Waals surface area contributed by atoms with Gasteiger partial charge in [0.05, 0.1) is 44.6 Å². The van der Waals surface area contributed by atoms with E-state index in [9.17, 15) is 9.59 Å². The van der Waals surface area contributed by atoms with Crippen LogP contribution in [0.15, 0.2) is 70.2 Å². The van der Waals surface area contributed by atoms with Crippen molar-refractivity contribution in [2.75, 3.05) is 20.8 Å². The number of esters is 1. The topological polar surface area (TPSA) is 89.5 Å². The molecular formula is C29H33N3O5S. The van der Waals surface area contributed by atoms with Crippen molar-refractivity contribution in [1.82, 2.24) is 10.2 Å². The van der Waals surface area contributed by atoms with E-state index in [2.05, 4.69) is 5.32 Å². The van der Waals surface area contributed by atoms with Crippen molar-refractivity contribution in [3.8, 4) is 11.5 Å². The molecule has 0 bridgehead atoms. The number of thioether (sulfide) groups is 1. The Morgan fingerprint density at radius 2 is 1.87 bits per heavy atom. The Morgan fingerprint density at radius 1 is 1.11 bits per heavy atom. The number of hydrogen-bond acceptors (Lipinski definition) is 8. The van der Waals surface area contributed by atoms with Gasteiger partial charge in [-0.25, -0.2) is 9.79 Å². The van der Waals surface area contributed by atoms with Crippen LogP contribution in [0.3, 0.4) is 0 Å². The average Bonchev–Trinajstić information content (AvgIpc) is 3.34. The number of carbonyl (C=O) groups excluding carboxylic acids is 2. The lowest BCUT2D eigenvalue weighted by Gasteiger charge is -2.37. The summed E-state index contributed by atoms with van der Waals surface area (Å²) in [6.45, 7) is 5.99. The van der Waals surface area contributed by atoms with Crippen LogP contribution in [0.2, 0.25) is 0 Å². The average molecular weight is 536 g/mol.